The van der Waals surface area contributed by atoms with E-state index in [9.17, 15) is 10.1 Å². The predicted octanol–water partition coefficient (Wildman–Crippen LogP) is 3.17. The normalized spacial score (nSPS) is 10.2. The van der Waals surface area contributed by atoms with Crippen molar-refractivity contribution in [3.8, 4) is 11.8 Å². The second-order valence-corrected chi connectivity index (χ2v) is 6.64. The number of hydrogen-bond acceptors (Lipinski definition) is 5. The van der Waals surface area contributed by atoms with Gasteiger partial charge in [0.2, 0.25) is 5.91 Å². The molecule has 0 aliphatic carbocycles. The highest BCUT2D eigenvalue weighted by atomic mass is 32.2. The van der Waals surface area contributed by atoms with Gasteiger partial charge in [0.25, 0.3) is 0 Å². The fraction of sp³-hybridized carbons (Fsp3) is 0.316. The SMILES string of the molecule is Cc1cccc(OCCNC(=O)CSc2nc(C)cc(C)c2C#N)c1. The van der Waals surface area contributed by atoms with Gasteiger partial charge >= 0.3 is 0 Å². The Balaban J connectivity index is 1.77. The quantitative estimate of drug-likeness (QED) is 0.610. The van der Waals surface area contributed by atoms with Crippen LogP contribution < -0.4 is 10.1 Å². The Hall–Kier alpha value is -2.52. The summed E-state index contributed by atoms with van der Waals surface area (Å²) in [5.41, 5.74) is 3.38. The summed E-state index contributed by atoms with van der Waals surface area (Å²) < 4.78 is 5.59. The maximum absolute atomic E-state index is 12.0. The zero-order valence-electron chi connectivity index (χ0n) is 14.6. The molecule has 0 bridgehead atoms. The molecule has 0 spiro atoms. The Morgan fingerprint density at radius 2 is 2.12 bits per heavy atom. The summed E-state index contributed by atoms with van der Waals surface area (Å²) >= 11 is 1.28. The van der Waals surface area contributed by atoms with Gasteiger partial charge in [-0.05, 0) is 50.1 Å². The molecule has 25 heavy (non-hydrogen) atoms. The Labute approximate surface area is 152 Å². The first-order valence-electron chi connectivity index (χ1n) is 7.97. The molecule has 1 aromatic carbocycles. The van der Waals surface area contributed by atoms with E-state index in [2.05, 4.69) is 16.4 Å². The van der Waals surface area contributed by atoms with E-state index in [4.69, 9.17) is 4.74 Å². The summed E-state index contributed by atoms with van der Waals surface area (Å²) in [4.78, 5) is 16.3. The summed E-state index contributed by atoms with van der Waals surface area (Å²) in [5.74, 6) is 0.902. The first-order chi connectivity index (χ1) is 12.0. The van der Waals surface area contributed by atoms with Crippen LogP contribution in [0.15, 0.2) is 35.4 Å². The van der Waals surface area contributed by atoms with Crippen LogP contribution in [0.4, 0.5) is 0 Å². The van der Waals surface area contributed by atoms with Crippen LogP contribution in [0.2, 0.25) is 0 Å². The zero-order valence-corrected chi connectivity index (χ0v) is 15.4. The summed E-state index contributed by atoms with van der Waals surface area (Å²) in [5, 5.41) is 12.6. The Kier molecular flexibility index (Phi) is 6.84. The summed E-state index contributed by atoms with van der Waals surface area (Å²) in [7, 11) is 0. The molecular weight excluding hydrogens is 334 g/mol. The first kappa shape index (κ1) is 18.8. The van der Waals surface area contributed by atoms with Crippen LogP contribution in [0.3, 0.4) is 0 Å². The standard InChI is InChI=1S/C19H21N3O2S/c1-13-5-4-6-16(9-13)24-8-7-21-18(23)12-25-19-17(11-20)14(2)10-15(3)22-19/h4-6,9-10H,7-8,12H2,1-3H3,(H,21,23). The molecule has 0 saturated heterocycles. The third kappa shape index (κ3) is 5.80. The first-order valence-corrected chi connectivity index (χ1v) is 8.95. The summed E-state index contributed by atoms with van der Waals surface area (Å²) in [6, 6.07) is 11.8. The fourth-order valence-corrected chi connectivity index (χ4v) is 3.22. The second-order valence-electron chi connectivity index (χ2n) is 5.68. The van der Waals surface area contributed by atoms with Gasteiger partial charge in [-0.15, -0.1) is 0 Å². The van der Waals surface area contributed by atoms with Crippen molar-refractivity contribution in [1.82, 2.24) is 10.3 Å². The molecule has 1 amide bonds. The average molecular weight is 355 g/mol. The number of pyridine rings is 1. The van der Waals surface area contributed by atoms with Crippen molar-refractivity contribution in [1.29, 1.82) is 5.26 Å². The van der Waals surface area contributed by atoms with Gasteiger partial charge in [0.1, 0.15) is 23.5 Å². The number of hydrogen-bond donors (Lipinski definition) is 1. The Morgan fingerprint density at radius 3 is 2.84 bits per heavy atom. The van der Waals surface area contributed by atoms with Crippen molar-refractivity contribution in [2.45, 2.75) is 25.8 Å². The number of benzene rings is 1. The zero-order chi connectivity index (χ0) is 18.2. The lowest BCUT2D eigenvalue weighted by atomic mass is 10.1. The number of nitrogens with one attached hydrogen (secondary N) is 1. The molecule has 0 atom stereocenters. The van der Waals surface area contributed by atoms with E-state index < -0.39 is 0 Å². The van der Waals surface area contributed by atoms with Crippen molar-refractivity contribution < 1.29 is 9.53 Å². The third-order valence-electron chi connectivity index (χ3n) is 3.45. The van der Waals surface area contributed by atoms with Crippen molar-refractivity contribution in [2.24, 2.45) is 0 Å². The molecule has 1 aromatic heterocycles. The highest BCUT2D eigenvalue weighted by Crippen LogP contribution is 2.23. The lowest BCUT2D eigenvalue weighted by Crippen LogP contribution is -2.29. The monoisotopic (exact) mass is 355 g/mol. The topological polar surface area (TPSA) is 75.0 Å². The van der Waals surface area contributed by atoms with Crippen LogP contribution in [0.1, 0.15) is 22.4 Å². The highest BCUT2D eigenvalue weighted by molar-refractivity contribution is 8.00. The number of aromatic nitrogens is 1. The molecule has 0 aliphatic rings. The number of rotatable bonds is 7. The van der Waals surface area contributed by atoms with Crippen molar-refractivity contribution in [3.05, 3.63) is 52.7 Å². The summed E-state index contributed by atoms with van der Waals surface area (Å²) in [6.45, 7) is 6.59. The number of carbonyl (C=O) groups excluding carboxylic acids is 1. The van der Waals surface area contributed by atoms with Crippen LogP contribution >= 0.6 is 11.8 Å². The molecule has 6 heteroatoms. The van der Waals surface area contributed by atoms with Crippen molar-refractivity contribution >= 4 is 17.7 Å². The minimum atomic E-state index is -0.109. The fourth-order valence-electron chi connectivity index (χ4n) is 2.29. The number of carbonyl (C=O) groups is 1. The molecule has 1 N–H and O–H groups in total. The molecule has 1 heterocycles. The van der Waals surface area contributed by atoms with Gasteiger partial charge in [-0.3, -0.25) is 4.79 Å². The lowest BCUT2D eigenvalue weighted by molar-refractivity contribution is -0.118. The van der Waals surface area contributed by atoms with Crippen LogP contribution in [0.25, 0.3) is 0 Å². The molecule has 2 aromatic rings. The number of ether oxygens (including phenoxy) is 1. The van der Waals surface area contributed by atoms with Crippen LogP contribution in [0.5, 0.6) is 5.75 Å². The van der Waals surface area contributed by atoms with Gasteiger partial charge < -0.3 is 10.1 Å². The predicted molar refractivity (Wildman–Crippen MR) is 98.8 cm³/mol. The van der Waals surface area contributed by atoms with Crippen LogP contribution in [-0.2, 0) is 4.79 Å². The molecule has 5 nitrogen and oxygen atoms in total. The van der Waals surface area contributed by atoms with Crippen LogP contribution in [-0.4, -0.2) is 29.8 Å². The number of nitrogens with zero attached hydrogens (tertiary/aromatic N) is 2. The summed E-state index contributed by atoms with van der Waals surface area (Å²) in [6.07, 6.45) is 0. The molecule has 0 aliphatic heterocycles. The lowest BCUT2D eigenvalue weighted by Gasteiger charge is -2.09. The van der Waals surface area contributed by atoms with Gasteiger partial charge in [0.05, 0.1) is 17.9 Å². The second kappa shape index (κ2) is 9.09. The number of thioether (sulfide) groups is 1. The van der Waals surface area contributed by atoms with E-state index in [-0.39, 0.29) is 11.7 Å². The molecule has 130 valence electrons. The van der Waals surface area contributed by atoms with Gasteiger partial charge in [-0.2, -0.15) is 5.26 Å². The van der Waals surface area contributed by atoms with Gasteiger partial charge in [0.15, 0.2) is 0 Å². The maximum atomic E-state index is 12.0. The molecule has 0 fully saturated rings. The van der Waals surface area contributed by atoms with Gasteiger partial charge in [0, 0.05) is 5.69 Å². The van der Waals surface area contributed by atoms with Gasteiger partial charge in [-0.25, -0.2) is 4.98 Å². The smallest absolute Gasteiger partial charge is 0.230 e. The average Bonchev–Trinajstić information content (AvgIpc) is 2.56. The number of aryl methyl sites for hydroxylation is 3. The molecule has 0 radical (unpaired) electrons. The third-order valence-corrected chi connectivity index (χ3v) is 4.42. The molecular formula is C19H21N3O2S. The molecule has 0 saturated carbocycles. The van der Waals surface area contributed by atoms with Crippen molar-refractivity contribution in [2.75, 3.05) is 18.9 Å². The Morgan fingerprint density at radius 1 is 1.32 bits per heavy atom. The van der Waals surface area contributed by atoms with E-state index in [0.717, 1.165) is 22.6 Å². The number of nitriles is 1. The minimum absolute atomic E-state index is 0.109. The van der Waals surface area contributed by atoms with Crippen molar-refractivity contribution in [3.63, 3.8) is 0 Å². The maximum Gasteiger partial charge on any atom is 0.230 e. The molecule has 2 rings (SSSR count). The van der Waals surface area contributed by atoms with Crippen LogP contribution in [0, 0.1) is 32.1 Å². The minimum Gasteiger partial charge on any atom is -0.492 e. The molecule has 0 unspecified atom stereocenters. The Bertz CT molecular complexity index is 800. The van der Waals surface area contributed by atoms with E-state index >= 15 is 0 Å². The van der Waals surface area contributed by atoms with E-state index in [0.29, 0.717) is 23.7 Å². The number of amides is 1. The highest BCUT2D eigenvalue weighted by Gasteiger charge is 2.11. The van der Waals surface area contributed by atoms with E-state index in [1.54, 1.807) is 0 Å². The van der Waals surface area contributed by atoms with E-state index in [1.807, 2.05) is 51.1 Å². The van der Waals surface area contributed by atoms with Gasteiger partial charge in [-0.1, -0.05) is 23.9 Å². The largest absolute Gasteiger partial charge is 0.492 e. The van der Waals surface area contributed by atoms with E-state index in [1.165, 1.54) is 11.8 Å².